The van der Waals surface area contributed by atoms with E-state index in [1.165, 1.54) is 0 Å². The van der Waals surface area contributed by atoms with Crippen LogP contribution in [0, 0.1) is 0 Å². The van der Waals surface area contributed by atoms with Crippen LogP contribution in [-0.4, -0.2) is 11.1 Å². The minimum absolute atomic E-state index is 0.335. The van der Waals surface area contributed by atoms with Crippen molar-refractivity contribution in [3.63, 3.8) is 0 Å². The van der Waals surface area contributed by atoms with Crippen molar-refractivity contribution in [2.24, 2.45) is 0 Å². The molecule has 0 aliphatic carbocycles. The normalized spacial score (nSPS) is 12.0. The number of ether oxygens (including phenoxy) is 1. The largest absolute Gasteiger partial charge is 0.487 e. The Morgan fingerprint density at radius 3 is 2.48 bits per heavy atom. The highest BCUT2D eigenvalue weighted by Gasteiger charge is 2.13. The van der Waals surface area contributed by atoms with Crippen LogP contribution in [0.2, 0.25) is 10.0 Å². The van der Waals surface area contributed by atoms with E-state index in [1.807, 2.05) is 12.1 Å². The van der Waals surface area contributed by atoms with E-state index in [0.717, 1.165) is 11.1 Å². The van der Waals surface area contributed by atoms with Crippen molar-refractivity contribution in [1.29, 1.82) is 0 Å². The lowest BCUT2D eigenvalue weighted by molar-refractivity contribution is -0.138. The molecule has 2 aromatic rings. The lowest BCUT2D eigenvalue weighted by Crippen LogP contribution is -2.07. The molecule has 0 bridgehead atoms. The number of benzene rings is 2. The Morgan fingerprint density at radius 2 is 1.86 bits per heavy atom. The third-order valence-corrected chi connectivity index (χ3v) is 3.96. The molecule has 0 heterocycles. The molecule has 0 aromatic heterocycles. The number of rotatable bonds is 5. The fourth-order valence-electron chi connectivity index (χ4n) is 1.80. The molecule has 0 aliphatic rings. The molecule has 0 fully saturated rings. The Bertz CT molecular complexity index is 638. The second-order valence-corrected chi connectivity index (χ2v) is 5.43. The number of hydrogen-bond donors (Lipinski definition) is 1. The number of aliphatic carboxylic acids is 1. The smallest absolute Gasteiger partial charge is 0.310 e. The number of halogens is 2. The van der Waals surface area contributed by atoms with E-state index < -0.39 is 11.9 Å². The minimum atomic E-state index is -0.843. The standard InChI is InChI=1S/C16H14Cl2O3/c1-10(16(19)20)12-7-5-11(6-8-12)9-21-14-4-2-3-13(17)15(14)18/h2-8,10H,9H2,1H3,(H,19,20). The van der Waals surface area contributed by atoms with Crippen LogP contribution in [-0.2, 0) is 11.4 Å². The third kappa shape index (κ3) is 3.90. The van der Waals surface area contributed by atoms with Gasteiger partial charge in [0.2, 0.25) is 0 Å². The lowest BCUT2D eigenvalue weighted by atomic mass is 10.0. The van der Waals surface area contributed by atoms with Gasteiger partial charge in [-0.1, -0.05) is 53.5 Å². The maximum absolute atomic E-state index is 10.9. The minimum Gasteiger partial charge on any atom is -0.487 e. The fraction of sp³-hybridized carbons (Fsp3) is 0.188. The molecule has 1 atom stereocenters. The van der Waals surface area contributed by atoms with Crippen molar-refractivity contribution in [2.45, 2.75) is 19.4 Å². The summed E-state index contributed by atoms with van der Waals surface area (Å²) in [5, 5.41) is 9.79. The monoisotopic (exact) mass is 324 g/mol. The molecule has 110 valence electrons. The van der Waals surface area contributed by atoms with Crippen LogP contribution in [0.5, 0.6) is 5.75 Å². The van der Waals surface area contributed by atoms with Crippen LogP contribution in [0.25, 0.3) is 0 Å². The van der Waals surface area contributed by atoms with E-state index in [-0.39, 0.29) is 0 Å². The highest BCUT2D eigenvalue weighted by molar-refractivity contribution is 6.42. The van der Waals surface area contributed by atoms with Gasteiger partial charge in [-0.25, -0.2) is 0 Å². The summed E-state index contributed by atoms with van der Waals surface area (Å²) >= 11 is 12.0. The summed E-state index contributed by atoms with van der Waals surface area (Å²) in [5.74, 6) is -0.848. The average molecular weight is 325 g/mol. The molecule has 1 N–H and O–H groups in total. The summed E-state index contributed by atoms with van der Waals surface area (Å²) in [5.41, 5.74) is 1.68. The quantitative estimate of drug-likeness (QED) is 0.862. The maximum atomic E-state index is 10.9. The second-order valence-electron chi connectivity index (χ2n) is 4.64. The van der Waals surface area contributed by atoms with E-state index in [4.69, 9.17) is 33.0 Å². The number of carbonyl (C=O) groups is 1. The summed E-state index contributed by atoms with van der Waals surface area (Å²) in [7, 11) is 0. The van der Waals surface area contributed by atoms with Crippen LogP contribution < -0.4 is 4.74 Å². The Labute approximate surface area is 133 Å². The van der Waals surface area contributed by atoms with Gasteiger partial charge in [-0.05, 0) is 30.2 Å². The summed E-state index contributed by atoms with van der Waals surface area (Å²) in [6.07, 6.45) is 0. The van der Waals surface area contributed by atoms with Crippen molar-refractivity contribution in [2.75, 3.05) is 0 Å². The van der Waals surface area contributed by atoms with Crippen molar-refractivity contribution >= 4 is 29.2 Å². The van der Waals surface area contributed by atoms with E-state index >= 15 is 0 Å². The van der Waals surface area contributed by atoms with Gasteiger partial charge in [0, 0.05) is 0 Å². The average Bonchev–Trinajstić information content (AvgIpc) is 2.48. The molecule has 0 saturated carbocycles. The van der Waals surface area contributed by atoms with Crippen molar-refractivity contribution in [3.05, 3.63) is 63.6 Å². The van der Waals surface area contributed by atoms with Crippen LogP contribution in [0.15, 0.2) is 42.5 Å². The Kier molecular flexibility index (Phi) is 5.10. The van der Waals surface area contributed by atoms with Gasteiger partial charge in [-0.3, -0.25) is 4.79 Å². The summed E-state index contributed by atoms with van der Waals surface area (Å²) < 4.78 is 5.62. The van der Waals surface area contributed by atoms with Gasteiger partial charge in [0.05, 0.1) is 10.9 Å². The first-order valence-corrected chi connectivity index (χ1v) is 7.13. The predicted molar refractivity (Wildman–Crippen MR) is 83.3 cm³/mol. The third-order valence-electron chi connectivity index (χ3n) is 3.16. The first kappa shape index (κ1) is 15.7. The van der Waals surface area contributed by atoms with Gasteiger partial charge in [-0.15, -0.1) is 0 Å². The molecule has 2 rings (SSSR count). The van der Waals surface area contributed by atoms with E-state index in [0.29, 0.717) is 22.4 Å². The molecule has 0 amide bonds. The molecule has 5 heteroatoms. The molecule has 0 saturated heterocycles. The maximum Gasteiger partial charge on any atom is 0.310 e. The Balaban J connectivity index is 2.04. The van der Waals surface area contributed by atoms with Crippen molar-refractivity contribution < 1.29 is 14.6 Å². The molecule has 0 aliphatic heterocycles. The summed E-state index contributed by atoms with van der Waals surface area (Å²) in [4.78, 5) is 10.9. The van der Waals surface area contributed by atoms with Gasteiger partial charge >= 0.3 is 5.97 Å². The zero-order valence-electron chi connectivity index (χ0n) is 11.3. The Morgan fingerprint density at radius 1 is 1.19 bits per heavy atom. The zero-order valence-corrected chi connectivity index (χ0v) is 12.9. The second kappa shape index (κ2) is 6.83. The summed E-state index contributed by atoms with van der Waals surface area (Å²) in [6.45, 7) is 1.99. The molecule has 21 heavy (non-hydrogen) atoms. The number of carboxylic acid groups (broad SMARTS) is 1. The van der Waals surface area contributed by atoms with Gasteiger partial charge in [0.1, 0.15) is 17.4 Å². The molecule has 2 aromatic carbocycles. The van der Waals surface area contributed by atoms with Gasteiger partial charge in [0.25, 0.3) is 0 Å². The van der Waals surface area contributed by atoms with Gasteiger partial charge in [-0.2, -0.15) is 0 Å². The van der Waals surface area contributed by atoms with Crippen LogP contribution in [0.1, 0.15) is 24.0 Å². The molecule has 0 radical (unpaired) electrons. The van der Waals surface area contributed by atoms with E-state index in [9.17, 15) is 4.79 Å². The zero-order chi connectivity index (χ0) is 15.4. The molecular formula is C16H14Cl2O3. The Hall–Kier alpha value is -1.71. The SMILES string of the molecule is CC(C(=O)O)c1ccc(COc2cccc(Cl)c2Cl)cc1. The van der Waals surface area contributed by atoms with Crippen LogP contribution in [0.3, 0.4) is 0 Å². The first-order valence-electron chi connectivity index (χ1n) is 6.37. The highest BCUT2D eigenvalue weighted by atomic mass is 35.5. The fourth-order valence-corrected chi connectivity index (χ4v) is 2.15. The van der Waals surface area contributed by atoms with Gasteiger partial charge < -0.3 is 9.84 Å². The molecule has 1 unspecified atom stereocenters. The van der Waals surface area contributed by atoms with Crippen molar-refractivity contribution in [3.8, 4) is 5.75 Å². The van der Waals surface area contributed by atoms with E-state index in [1.54, 1.807) is 37.3 Å². The summed E-state index contributed by atoms with van der Waals surface area (Å²) in [6, 6.07) is 12.5. The highest BCUT2D eigenvalue weighted by Crippen LogP contribution is 2.32. The topological polar surface area (TPSA) is 46.5 Å². The number of carboxylic acids is 1. The molecule has 0 spiro atoms. The number of hydrogen-bond acceptors (Lipinski definition) is 2. The van der Waals surface area contributed by atoms with Gasteiger partial charge in [0.15, 0.2) is 0 Å². The lowest BCUT2D eigenvalue weighted by Gasteiger charge is -2.10. The first-order chi connectivity index (χ1) is 9.99. The van der Waals surface area contributed by atoms with Crippen LogP contribution in [0.4, 0.5) is 0 Å². The van der Waals surface area contributed by atoms with Crippen LogP contribution >= 0.6 is 23.2 Å². The molecular weight excluding hydrogens is 311 g/mol. The van der Waals surface area contributed by atoms with E-state index in [2.05, 4.69) is 0 Å². The molecule has 3 nitrogen and oxygen atoms in total. The van der Waals surface area contributed by atoms with Crippen molar-refractivity contribution in [1.82, 2.24) is 0 Å². The predicted octanol–water partition coefficient (Wildman–Crippen LogP) is 4.76.